The number of rotatable bonds is 12. The molecule has 0 saturated carbocycles. The van der Waals surface area contributed by atoms with Gasteiger partial charge in [0.15, 0.2) is 11.5 Å². The third kappa shape index (κ3) is 6.09. The van der Waals surface area contributed by atoms with E-state index in [0.717, 1.165) is 75.3 Å². The number of thioether (sulfide) groups is 1. The third-order valence-electron chi connectivity index (χ3n) is 7.67. The van der Waals surface area contributed by atoms with Gasteiger partial charge in [0.05, 0.1) is 24.8 Å². The van der Waals surface area contributed by atoms with E-state index in [1.807, 2.05) is 30.5 Å². The summed E-state index contributed by atoms with van der Waals surface area (Å²) in [6.45, 7) is 5.52. The fraction of sp³-hybridized carbons (Fsp3) is 0.265. The third-order valence-corrected chi connectivity index (χ3v) is 8.07. The number of ether oxygens (including phenoxy) is 1. The zero-order chi connectivity index (χ0) is 29.6. The summed E-state index contributed by atoms with van der Waals surface area (Å²) in [5.41, 5.74) is 10.6. The SMILES string of the molecule is CCCCc1nc2c(C)c(-c3ccccc3)c(COCSC)nc2n1Cc1ccc(-c2ccccc2-c2nnn[nH]2)cc1. The fourth-order valence-electron chi connectivity index (χ4n) is 5.57. The predicted molar refractivity (Wildman–Crippen MR) is 174 cm³/mol. The lowest BCUT2D eigenvalue weighted by molar-refractivity contribution is 0.167. The molecule has 218 valence electrons. The molecule has 0 atom stereocenters. The Kier molecular flexibility index (Phi) is 8.91. The van der Waals surface area contributed by atoms with Crippen molar-refractivity contribution in [3.05, 3.63) is 102 Å². The number of unbranched alkanes of at least 4 members (excludes halogenated alkanes) is 1. The van der Waals surface area contributed by atoms with Gasteiger partial charge in [-0.05, 0) is 57.8 Å². The van der Waals surface area contributed by atoms with E-state index < -0.39 is 0 Å². The maximum atomic E-state index is 6.01. The first kappa shape index (κ1) is 28.8. The molecule has 1 N–H and O–H groups in total. The Bertz CT molecular complexity index is 1800. The van der Waals surface area contributed by atoms with Crippen molar-refractivity contribution in [1.82, 2.24) is 35.2 Å². The number of aryl methyl sites for hydroxylation is 2. The molecule has 0 aliphatic heterocycles. The van der Waals surface area contributed by atoms with Crippen LogP contribution in [-0.4, -0.2) is 47.4 Å². The van der Waals surface area contributed by atoms with Crippen LogP contribution in [0.2, 0.25) is 0 Å². The number of benzene rings is 3. The number of imidazole rings is 1. The molecule has 0 radical (unpaired) electrons. The molecule has 3 aromatic heterocycles. The second-order valence-corrected chi connectivity index (χ2v) is 11.4. The lowest BCUT2D eigenvalue weighted by atomic mass is 9.98. The van der Waals surface area contributed by atoms with Gasteiger partial charge in [-0.3, -0.25) is 0 Å². The molecule has 6 aromatic rings. The Labute approximate surface area is 255 Å². The van der Waals surface area contributed by atoms with E-state index in [1.165, 1.54) is 5.56 Å². The van der Waals surface area contributed by atoms with E-state index in [-0.39, 0.29) is 0 Å². The topological polar surface area (TPSA) is 94.4 Å². The lowest BCUT2D eigenvalue weighted by Crippen LogP contribution is -2.08. The number of H-pyrrole nitrogens is 1. The molecular formula is C34H35N7OS. The summed E-state index contributed by atoms with van der Waals surface area (Å²) in [4.78, 5) is 10.5. The van der Waals surface area contributed by atoms with Crippen LogP contribution in [0.5, 0.6) is 0 Å². The normalized spacial score (nSPS) is 11.4. The molecule has 9 heteroatoms. The highest BCUT2D eigenvalue weighted by molar-refractivity contribution is 7.98. The van der Waals surface area contributed by atoms with Crippen molar-refractivity contribution in [2.75, 3.05) is 12.2 Å². The monoisotopic (exact) mass is 589 g/mol. The zero-order valence-corrected chi connectivity index (χ0v) is 25.6. The van der Waals surface area contributed by atoms with Crippen molar-refractivity contribution in [2.45, 2.75) is 46.3 Å². The van der Waals surface area contributed by atoms with E-state index in [4.69, 9.17) is 14.7 Å². The molecule has 6 rings (SSSR count). The summed E-state index contributed by atoms with van der Waals surface area (Å²) < 4.78 is 8.31. The van der Waals surface area contributed by atoms with Gasteiger partial charge < -0.3 is 9.30 Å². The van der Waals surface area contributed by atoms with E-state index in [2.05, 4.69) is 93.6 Å². The van der Waals surface area contributed by atoms with Crippen LogP contribution in [0.25, 0.3) is 44.8 Å². The molecule has 0 bridgehead atoms. The van der Waals surface area contributed by atoms with E-state index in [1.54, 1.807) is 11.8 Å². The number of pyridine rings is 1. The van der Waals surface area contributed by atoms with Crippen LogP contribution in [-0.2, 0) is 24.3 Å². The van der Waals surface area contributed by atoms with Crippen LogP contribution < -0.4 is 0 Å². The highest BCUT2D eigenvalue weighted by atomic mass is 32.2. The van der Waals surface area contributed by atoms with Gasteiger partial charge in [0, 0.05) is 17.5 Å². The first-order chi connectivity index (χ1) is 21.2. The fourth-order valence-corrected chi connectivity index (χ4v) is 5.82. The number of aromatic amines is 1. The van der Waals surface area contributed by atoms with Crippen molar-refractivity contribution in [1.29, 1.82) is 0 Å². The van der Waals surface area contributed by atoms with Crippen molar-refractivity contribution in [3.63, 3.8) is 0 Å². The summed E-state index contributed by atoms with van der Waals surface area (Å²) in [5.74, 6) is 2.34. The molecule has 0 unspecified atom stereocenters. The average molecular weight is 590 g/mol. The van der Waals surface area contributed by atoms with Gasteiger partial charge >= 0.3 is 0 Å². The maximum Gasteiger partial charge on any atom is 0.180 e. The molecule has 0 fully saturated rings. The summed E-state index contributed by atoms with van der Waals surface area (Å²) in [7, 11) is 0. The molecular weight excluding hydrogens is 554 g/mol. The Balaban J connectivity index is 1.40. The number of fused-ring (bicyclic) bond motifs is 1. The zero-order valence-electron chi connectivity index (χ0n) is 24.7. The van der Waals surface area contributed by atoms with Crippen LogP contribution >= 0.6 is 11.8 Å². The van der Waals surface area contributed by atoms with Crippen molar-refractivity contribution < 1.29 is 4.74 Å². The summed E-state index contributed by atoms with van der Waals surface area (Å²) in [6.07, 6.45) is 5.13. The molecule has 3 heterocycles. The second kappa shape index (κ2) is 13.3. The molecule has 43 heavy (non-hydrogen) atoms. The minimum Gasteiger partial charge on any atom is -0.365 e. The van der Waals surface area contributed by atoms with Crippen molar-refractivity contribution in [3.8, 4) is 33.6 Å². The molecule has 3 aromatic carbocycles. The van der Waals surface area contributed by atoms with Gasteiger partial charge in [0.2, 0.25) is 0 Å². The minimum absolute atomic E-state index is 0.451. The molecule has 0 aliphatic rings. The number of tetrazole rings is 1. The molecule has 0 amide bonds. The Morgan fingerprint density at radius 2 is 1.65 bits per heavy atom. The number of aromatic nitrogens is 7. The quantitative estimate of drug-likeness (QED) is 0.117. The Morgan fingerprint density at radius 3 is 2.37 bits per heavy atom. The van der Waals surface area contributed by atoms with Crippen LogP contribution in [0.3, 0.4) is 0 Å². The van der Waals surface area contributed by atoms with Gasteiger partial charge in [0.25, 0.3) is 0 Å². The first-order valence-corrected chi connectivity index (χ1v) is 16.0. The van der Waals surface area contributed by atoms with Gasteiger partial charge in [-0.2, -0.15) is 0 Å². The van der Waals surface area contributed by atoms with E-state index in [9.17, 15) is 0 Å². The molecule has 0 saturated heterocycles. The summed E-state index contributed by atoms with van der Waals surface area (Å²) in [5, 5.41) is 14.5. The van der Waals surface area contributed by atoms with Gasteiger partial charge in [-0.25, -0.2) is 15.1 Å². The van der Waals surface area contributed by atoms with E-state index in [0.29, 0.717) is 24.9 Å². The number of nitrogens with zero attached hydrogens (tertiary/aromatic N) is 6. The number of hydrogen-bond acceptors (Lipinski definition) is 7. The van der Waals surface area contributed by atoms with Crippen LogP contribution in [0.1, 0.15) is 42.4 Å². The summed E-state index contributed by atoms with van der Waals surface area (Å²) in [6, 6.07) is 27.3. The smallest absolute Gasteiger partial charge is 0.180 e. The van der Waals surface area contributed by atoms with Gasteiger partial charge in [0.1, 0.15) is 11.3 Å². The van der Waals surface area contributed by atoms with Crippen LogP contribution in [0, 0.1) is 6.92 Å². The van der Waals surface area contributed by atoms with E-state index >= 15 is 0 Å². The lowest BCUT2D eigenvalue weighted by Gasteiger charge is -2.15. The summed E-state index contributed by atoms with van der Waals surface area (Å²) >= 11 is 1.67. The minimum atomic E-state index is 0.451. The highest BCUT2D eigenvalue weighted by Crippen LogP contribution is 2.34. The predicted octanol–water partition coefficient (Wildman–Crippen LogP) is 7.48. The van der Waals surface area contributed by atoms with Crippen molar-refractivity contribution in [2.24, 2.45) is 0 Å². The number of nitrogens with one attached hydrogen (secondary N) is 1. The molecule has 8 nitrogen and oxygen atoms in total. The Hall–Kier alpha value is -4.34. The van der Waals surface area contributed by atoms with Crippen LogP contribution in [0.15, 0.2) is 78.9 Å². The molecule has 0 aliphatic carbocycles. The van der Waals surface area contributed by atoms with Crippen molar-refractivity contribution >= 4 is 22.9 Å². The van der Waals surface area contributed by atoms with Gasteiger partial charge in [-0.15, -0.1) is 16.9 Å². The highest BCUT2D eigenvalue weighted by Gasteiger charge is 2.21. The Morgan fingerprint density at radius 1 is 0.884 bits per heavy atom. The van der Waals surface area contributed by atoms with Crippen LogP contribution in [0.4, 0.5) is 0 Å². The first-order valence-electron chi connectivity index (χ1n) is 14.6. The number of hydrogen-bond donors (Lipinski definition) is 1. The molecule has 0 spiro atoms. The maximum absolute atomic E-state index is 6.01. The second-order valence-electron chi connectivity index (χ2n) is 10.6. The largest absolute Gasteiger partial charge is 0.365 e. The van der Waals surface area contributed by atoms with Gasteiger partial charge in [-0.1, -0.05) is 92.2 Å². The average Bonchev–Trinajstić information content (AvgIpc) is 3.70. The standard InChI is InChI=1S/C34H35N7OS/c1-4-5-15-30-36-32-23(2)31(26-11-7-6-8-12-26)29(21-42-22-43-3)35-34(32)41(30)20-24-16-18-25(19-17-24)27-13-9-10-14-28(27)33-37-39-40-38-33/h6-14,16-19H,4-5,15,20-22H2,1-3H3,(H,37,38,39,40).